The molecule has 1 unspecified atom stereocenters. The highest BCUT2D eigenvalue weighted by molar-refractivity contribution is 5.95. The number of anilines is 1. The number of hydrogen-bond donors (Lipinski definition) is 1. The lowest BCUT2D eigenvalue weighted by Crippen LogP contribution is -2.18. The van der Waals surface area contributed by atoms with Crippen molar-refractivity contribution in [2.45, 2.75) is 6.92 Å². The van der Waals surface area contributed by atoms with Crippen molar-refractivity contribution in [3.8, 4) is 6.07 Å². The zero-order valence-corrected chi connectivity index (χ0v) is 9.56. The number of nitrogens with zero attached hydrogens (tertiary/aromatic N) is 1. The molecule has 0 bridgehead atoms. The number of esters is 1. The number of hydrogen-bond acceptors (Lipinski definition) is 4. The second-order valence-electron chi connectivity index (χ2n) is 3.41. The first-order chi connectivity index (χ1) is 8.08. The van der Waals surface area contributed by atoms with Crippen LogP contribution in [-0.2, 0) is 9.53 Å². The first-order valence-electron chi connectivity index (χ1n) is 4.97. The van der Waals surface area contributed by atoms with Crippen LogP contribution in [-0.4, -0.2) is 19.0 Å². The van der Waals surface area contributed by atoms with Crippen LogP contribution in [0, 0.1) is 17.2 Å². The molecule has 1 aromatic rings. The molecule has 1 amide bonds. The second kappa shape index (κ2) is 5.66. The van der Waals surface area contributed by atoms with Crippen LogP contribution in [0.5, 0.6) is 0 Å². The molecule has 0 aromatic heterocycles. The smallest absolute Gasteiger partial charge is 0.337 e. The van der Waals surface area contributed by atoms with Crippen molar-refractivity contribution in [1.82, 2.24) is 0 Å². The van der Waals surface area contributed by atoms with Crippen molar-refractivity contribution in [3.63, 3.8) is 0 Å². The Kier molecular flexibility index (Phi) is 4.23. The first-order valence-corrected chi connectivity index (χ1v) is 4.97. The first kappa shape index (κ1) is 12.7. The zero-order valence-electron chi connectivity index (χ0n) is 9.56. The molecule has 0 aliphatic carbocycles. The Balaban J connectivity index is 2.73. The summed E-state index contributed by atoms with van der Waals surface area (Å²) in [6.07, 6.45) is 0. The Labute approximate surface area is 99.0 Å². The van der Waals surface area contributed by atoms with Gasteiger partial charge in [0.15, 0.2) is 0 Å². The summed E-state index contributed by atoms with van der Waals surface area (Å²) >= 11 is 0. The molecule has 0 saturated heterocycles. The van der Waals surface area contributed by atoms with E-state index in [-0.39, 0.29) is 5.91 Å². The van der Waals surface area contributed by atoms with Gasteiger partial charge in [-0.3, -0.25) is 4.79 Å². The summed E-state index contributed by atoms with van der Waals surface area (Å²) in [5.41, 5.74) is 0.934. The molecule has 0 fully saturated rings. The van der Waals surface area contributed by atoms with Crippen LogP contribution >= 0.6 is 0 Å². The standard InChI is InChI=1S/C12H12N2O3/c1-8(7-13)11(15)14-10-5-3-9(4-6-10)12(16)17-2/h3-6,8H,1-2H3,(H,14,15). The lowest BCUT2D eigenvalue weighted by Gasteiger charge is -2.06. The number of nitriles is 1. The fraction of sp³-hybridized carbons (Fsp3) is 0.250. The van der Waals surface area contributed by atoms with Gasteiger partial charge in [-0.2, -0.15) is 5.26 Å². The van der Waals surface area contributed by atoms with Crippen molar-refractivity contribution in [2.75, 3.05) is 12.4 Å². The van der Waals surface area contributed by atoms with E-state index < -0.39 is 11.9 Å². The number of benzene rings is 1. The SMILES string of the molecule is COC(=O)c1ccc(NC(=O)C(C)C#N)cc1. The van der Waals surface area contributed by atoms with Crippen molar-refractivity contribution >= 4 is 17.6 Å². The van der Waals surface area contributed by atoms with E-state index in [1.807, 2.05) is 6.07 Å². The van der Waals surface area contributed by atoms with E-state index in [1.54, 1.807) is 24.3 Å². The predicted octanol–water partition coefficient (Wildman–Crippen LogP) is 1.57. The van der Waals surface area contributed by atoms with Gasteiger partial charge in [-0.25, -0.2) is 4.79 Å². The fourth-order valence-electron chi connectivity index (χ4n) is 1.12. The quantitative estimate of drug-likeness (QED) is 0.802. The van der Waals surface area contributed by atoms with E-state index in [2.05, 4.69) is 10.1 Å². The van der Waals surface area contributed by atoms with E-state index in [0.29, 0.717) is 11.3 Å². The number of amides is 1. The van der Waals surface area contributed by atoms with Gasteiger partial charge in [-0.1, -0.05) is 0 Å². The van der Waals surface area contributed by atoms with Gasteiger partial charge in [0.25, 0.3) is 0 Å². The summed E-state index contributed by atoms with van der Waals surface area (Å²) in [5.74, 6) is -1.53. The summed E-state index contributed by atoms with van der Waals surface area (Å²) < 4.78 is 4.54. The topological polar surface area (TPSA) is 79.2 Å². The van der Waals surface area contributed by atoms with Crippen molar-refractivity contribution in [3.05, 3.63) is 29.8 Å². The maximum Gasteiger partial charge on any atom is 0.337 e. The molecule has 1 atom stereocenters. The van der Waals surface area contributed by atoms with Crippen LogP contribution < -0.4 is 5.32 Å². The summed E-state index contributed by atoms with van der Waals surface area (Å²) in [4.78, 5) is 22.5. The van der Waals surface area contributed by atoms with Crippen molar-refractivity contribution in [1.29, 1.82) is 5.26 Å². The minimum absolute atomic E-state index is 0.377. The number of ether oxygens (including phenoxy) is 1. The predicted molar refractivity (Wildman–Crippen MR) is 61.2 cm³/mol. The van der Waals surface area contributed by atoms with Gasteiger partial charge in [0.2, 0.25) is 5.91 Å². The molecule has 5 nitrogen and oxygen atoms in total. The van der Waals surface area contributed by atoms with E-state index >= 15 is 0 Å². The van der Waals surface area contributed by atoms with E-state index in [0.717, 1.165) is 0 Å². The molecule has 17 heavy (non-hydrogen) atoms. The minimum Gasteiger partial charge on any atom is -0.465 e. The average Bonchev–Trinajstić information content (AvgIpc) is 2.37. The highest BCUT2D eigenvalue weighted by atomic mass is 16.5. The Bertz CT molecular complexity index is 460. The maximum atomic E-state index is 11.4. The molecule has 0 spiro atoms. The number of rotatable bonds is 3. The Morgan fingerprint density at radius 1 is 1.35 bits per heavy atom. The van der Waals surface area contributed by atoms with Gasteiger partial charge in [0.05, 0.1) is 18.7 Å². The van der Waals surface area contributed by atoms with Gasteiger partial charge in [-0.15, -0.1) is 0 Å². The summed E-state index contributed by atoms with van der Waals surface area (Å²) in [5, 5.41) is 11.1. The van der Waals surface area contributed by atoms with Crippen LogP contribution in [0.3, 0.4) is 0 Å². The third kappa shape index (κ3) is 3.31. The molecule has 88 valence electrons. The monoisotopic (exact) mass is 232 g/mol. The zero-order chi connectivity index (χ0) is 12.8. The van der Waals surface area contributed by atoms with Crippen LogP contribution in [0.1, 0.15) is 17.3 Å². The molecule has 0 radical (unpaired) electrons. The van der Waals surface area contributed by atoms with Gasteiger partial charge < -0.3 is 10.1 Å². The lowest BCUT2D eigenvalue weighted by atomic mass is 10.1. The molecule has 0 saturated carbocycles. The third-order valence-corrected chi connectivity index (χ3v) is 2.16. The molecule has 1 N–H and O–H groups in total. The molecular weight excluding hydrogens is 220 g/mol. The highest BCUT2D eigenvalue weighted by Crippen LogP contribution is 2.11. The molecule has 0 aliphatic rings. The summed E-state index contributed by atoms with van der Waals surface area (Å²) in [6, 6.07) is 8.07. The Morgan fingerprint density at radius 2 is 1.94 bits per heavy atom. The van der Waals surface area contributed by atoms with Gasteiger partial charge >= 0.3 is 5.97 Å². The van der Waals surface area contributed by atoms with E-state index in [9.17, 15) is 9.59 Å². The Hall–Kier alpha value is -2.35. The highest BCUT2D eigenvalue weighted by Gasteiger charge is 2.12. The van der Waals surface area contributed by atoms with Crippen LogP contribution in [0.15, 0.2) is 24.3 Å². The largest absolute Gasteiger partial charge is 0.465 e. The summed E-state index contributed by atoms with van der Waals surface area (Å²) in [7, 11) is 1.30. The average molecular weight is 232 g/mol. The number of methoxy groups -OCH3 is 1. The second-order valence-corrected chi connectivity index (χ2v) is 3.41. The molecule has 0 aliphatic heterocycles. The van der Waals surface area contributed by atoms with Crippen LogP contribution in [0.2, 0.25) is 0 Å². The number of carbonyl (C=O) groups excluding carboxylic acids is 2. The van der Waals surface area contributed by atoms with Gasteiger partial charge in [-0.05, 0) is 31.2 Å². The molecule has 5 heteroatoms. The number of carbonyl (C=O) groups is 2. The molecule has 1 rings (SSSR count). The summed E-state index contributed by atoms with van der Waals surface area (Å²) in [6.45, 7) is 1.51. The minimum atomic E-state index is -0.713. The number of nitrogens with one attached hydrogen (secondary N) is 1. The fourth-order valence-corrected chi connectivity index (χ4v) is 1.12. The lowest BCUT2D eigenvalue weighted by molar-refractivity contribution is -0.117. The molecule has 1 aromatic carbocycles. The Morgan fingerprint density at radius 3 is 2.41 bits per heavy atom. The normalized spacial score (nSPS) is 11.1. The molecular formula is C12H12N2O3. The van der Waals surface area contributed by atoms with Crippen LogP contribution in [0.4, 0.5) is 5.69 Å². The maximum absolute atomic E-state index is 11.4. The van der Waals surface area contributed by atoms with Gasteiger partial charge in [0.1, 0.15) is 5.92 Å². The third-order valence-electron chi connectivity index (χ3n) is 2.16. The van der Waals surface area contributed by atoms with Crippen molar-refractivity contribution < 1.29 is 14.3 Å². The van der Waals surface area contributed by atoms with E-state index in [4.69, 9.17) is 5.26 Å². The molecule has 0 heterocycles. The van der Waals surface area contributed by atoms with Crippen LogP contribution in [0.25, 0.3) is 0 Å². The van der Waals surface area contributed by atoms with E-state index in [1.165, 1.54) is 14.0 Å². The van der Waals surface area contributed by atoms with Crippen molar-refractivity contribution in [2.24, 2.45) is 5.92 Å². The van der Waals surface area contributed by atoms with Gasteiger partial charge in [0, 0.05) is 5.69 Å².